The van der Waals surface area contributed by atoms with Crippen molar-refractivity contribution in [3.8, 4) is 5.75 Å². The van der Waals surface area contributed by atoms with Crippen LogP contribution in [0.5, 0.6) is 5.75 Å². The number of likely N-dealkylation sites (N-methyl/N-ethyl adjacent to an activating group) is 1. The van der Waals surface area contributed by atoms with E-state index in [0.717, 1.165) is 18.7 Å². The minimum atomic E-state index is 0.127. The second kappa shape index (κ2) is 7.79. The van der Waals surface area contributed by atoms with Crippen LogP contribution in [0.1, 0.15) is 19.4 Å². The van der Waals surface area contributed by atoms with E-state index in [2.05, 4.69) is 5.32 Å². The van der Waals surface area contributed by atoms with Crippen LogP contribution in [0.2, 0.25) is 0 Å². The Balaban J connectivity index is 2.36. The lowest BCUT2D eigenvalue weighted by Gasteiger charge is -2.18. The molecule has 0 saturated heterocycles. The van der Waals surface area contributed by atoms with Crippen LogP contribution in [-0.2, 0) is 11.2 Å². The van der Waals surface area contributed by atoms with Crippen molar-refractivity contribution in [2.45, 2.75) is 26.3 Å². The highest BCUT2D eigenvalue weighted by Crippen LogP contribution is 2.11. The molecule has 4 nitrogen and oxygen atoms in total. The predicted octanol–water partition coefficient (Wildman–Crippen LogP) is 1.69. The van der Waals surface area contributed by atoms with Crippen LogP contribution in [0.4, 0.5) is 0 Å². The number of nitrogens with zero attached hydrogens (tertiary/aromatic N) is 1. The first-order valence-electron chi connectivity index (χ1n) is 6.63. The summed E-state index contributed by atoms with van der Waals surface area (Å²) in [4.78, 5) is 13.6. The maximum absolute atomic E-state index is 11.8. The van der Waals surface area contributed by atoms with Gasteiger partial charge in [0.15, 0.2) is 0 Å². The van der Waals surface area contributed by atoms with Crippen molar-refractivity contribution in [1.29, 1.82) is 0 Å². The molecule has 0 unspecified atom stereocenters. The lowest BCUT2D eigenvalue weighted by atomic mass is 10.1. The van der Waals surface area contributed by atoms with Gasteiger partial charge in [-0.15, -0.1) is 0 Å². The smallest absolute Gasteiger partial charge is 0.236 e. The first-order chi connectivity index (χ1) is 9.02. The largest absolute Gasteiger partial charge is 0.497 e. The molecule has 0 aliphatic carbocycles. The van der Waals surface area contributed by atoms with Crippen molar-refractivity contribution in [2.75, 3.05) is 27.2 Å². The number of benzene rings is 1. The Morgan fingerprint density at radius 2 is 1.95 bits per heavy atom. The van der Waals surface area contributed by atoms with E-state index in [1.54, 1.807) is 12.0 Å². The van der Waals surface area contributed by atoms with Crippen molar-refractivity contribution in [2.24, 2.45) is 0 Å². The predicted molar refractivity (Wildman–Crippen MR) is 77.5 cm³/mol. The molecule has 0 atom stereocenters. The Morgan fingerprint density at radius 3 is 2.47 bits per heavy atom. The molecule has 0 aromatic heterocycles. The quantitative estimate of drug-likeness (QED) is 0.815. The number of methoxy groups -OCH3 is 1. The average Bonchev–Trinajstić information content (AvgIpc) is 2.42. The molecule has 1 N–H and O–H groups in total. The fourth-order valence-corrected chi connectivity index (χ4v) is 1.64. The van der Waals surface area contributed by atoms with Gasteiger partial charge in [-0.05, 0) is 24.1 Å². The molecule has 19 heavy (non-hydrogen) atoms. The monoisotopic (exact) mass is 264 g/mol. The van der Waals surface area contributed by atoms with Crippen molar-refractivity contribution >= 4 is 5.91 Å². The molecular weight excluding hydrogens is 240 g/mol. The third-order valence-electron chi connectivity index (χ3n) is 2.98. The van der Waals surface area contributed by atoms with Crippen molar-refractivity contribution in [3.05, 3.63) is 29.8 Å². The number of hydrogen-bond donors (Lipinski definition) is 1. The Kier molecular flexibility index (Phi) is 6.36. The maximum atomic E-state index is 11.8. The number of ether oxygens (including phenoxy) is 1. The van der Waals surface area contributed by atoms with Gasteiger partial charge in [-0.2, -0.15) is 0 Å². The second-order valence-corrected chi connectivity index (χ2v) is 4.95. The first-order valence-corrected chi connectivity index (χ1v) is 6.63. The van der Waals surface area contributed by atoms with Crippen LogP contribution in [-0.4, -0.2) is 44.1 Å². The van der Waals surface area contributed by atoms with Crippen molar-refractivity contribution in [1.82, 2.24) is 10.2 Å². The van der Waals surface area contributed by atoms with E-state index >= 15 is 0 Å². The van der Waals surface area contributed by atoms with E-state index in [0.29, 0.717) is 12.6 Å². The van der Waals surface area contributed by atoms with Gasteiger partial charge in [-0.1, -0.05) is 26.0 Å². The van der Waals surface area contributed by atoms with Gasteiger partial charge >= 0.3 is 0 Å². The third kappa shape index (κ3) is 5.75. The van der Waals surface area contributed by atoms with Gasteiger partial charge < -0.3 is 15.0 Å². The average molecular weight is 264 g/mol. The molecule has 0 bridgehead atoms. The van der Waals surface area contributed by atoms with E-state index in [9.17, 15) is 4.79 Å². The van der Waals surface area contributed by atoms with Gasteiger partial charge in [0.05, 0.1) is 13.7 Å². The Labute approximate surface area is 115 Å². The molecule has 1 amide bonds. The van der Waals surface area contributed by atoms with E-state index in [1.807, 2.05) is 45.2 Å². The molecule has 106 valence electrons. The zero-order valence-corrected chi connectivity index (χ0v) is 12.3. The highest BCUT2D eigenvalue weighted by Gasteiger charge is 2.08. The third-order valence-corrected chi connectivity index (χ3v) is 2.98. The summed E-state index contributed by atoms with van der Waals surface area (Å²) in [6, 6.07) is 8.28. The molecule has 0 aliphatic rings. The van der Waals surface area contributed by atoms with Gasteiger partial charge in [0.2, 0.25) is 5.91 Å². The normalized spacial score (nSPS) is 10.6. The lowest BCUT2D eigenvalue weighted by Crippen LogP contribution is -2.38. The summed E-state index contributed by atoms with van der Waals surface area (Å²) in [6.45, 7) is 5.19. The van der Waals surface area contributed by atoms with Crippen LogP contribution in [0.25, 0.3) is 0 Å². The summed E-state index contributed by atoms with van der Waals surface area (Å²) in [5.41, 5.74) is 1.21. The topological polar surface area (TPSA) is 41.6 Å². The van der Waals surface area contributed by atoms with E-state index < -0.39 is 0 Å². The molecule has 0 aliphatic heterocycles. The van der Waals surface area contributed by atoms with E-state index in [-0.39, 0.29) is 5.91 Å². The molecule has 4 heteroatoms. The molecule has 0 spiro atoms. The second-order valence-electron chi connectivity index (χ2n) is 4.95. The number of carbonyl (C=O) groups excluding carboxylic acids is 1. The summed E-state index contributed by atoms with van der Waals surface area (Å²) in [5, 5.41) is 3.13. The van der Waals surface area contributed by atoms with Crippen molar-refractivity contribution in [3.63, 3.8) is 0 Å². The number of hydrogen-bond acceptors (Lipinski definition) is 3. The molecule has 0 saturated carbocycles. The summed E-state index contributed by atoms with van der Waals surface area (Å²) in [7, 11) is 3.50. The molecule has 1 rings (SSSR count). The number of nitrogens with one attached hydrogen (secondary N) is 1. The number of amides is 1. The summed E-state index contributed by atoms with van der Waals surface area (Å²) >= 11 is 0. The number of rotatable bonds is 7. The highest BCUT2D eigenvalue weighted by atomic mass is 16.5. The zero-order valence-electron chi connectivity index (χ0n) is 12.3. The fraction of sp³-hybridized carbons (Fsp3) is 0.533. The maximum Gasteiger partial charge on any atom is 0.236 e. The van der Waals surface area contributed by atoms with Gasteiger partial charge in [0.1, 0.15) is 5.75 Å². The Bertz CT molecular complexity index is 388. The van der Waals surface area contributed by atoms with Crippen LogP contribution in [0.3, 0.4) is 0 Å². The molecular formula is C15H24N2O2. The molecule has 0 radical (unpaired) electrons. The molecule has 1 aromatic rings. The lowest BCUT2D eigenvalue weighted by molar-refractivity contribution is -0.129. The standard InChI is InChI=1S/C15H24N2O2/c1-12(2)16-11-15(18)17(3)10-9-13-5-7-14(19-4)8-6-13/h5-8,12,16H,9-11H2,1-4H3. The van der Waals surface area contributed by atoms with Gasteiger partial charge in [0.25, 0.3) is 0 Å². The van der Waals surface area contributed by atoms with Crippen LogP contribution >= 0.6 is 0 Å². The summed E-state index contributed by atoms with van der Waals surface area (Å²) in [5.74, 6) is 0.983. The van der Waals surface area contributed by atoms with Crippen LogP contribution < -0.4 is 10.1 Å². The minimum Gasteiger partial charge on any atom is -0.497 e. The van der Waals surface area contributed by atoms with Gasteiger partial charge in [-0.25, -0.2) is 0 Å². The molecule has 1 aromatic carbocycles. The Hall–Kier alpha value is -1.55. The summed E-state index contributed by atoms with van der Waals surface area (Å²) < 4.78 is 5.11. The highest BCUT2D eigenvalue weighted by molar-refractivity contribution is 5.77. The Morgan fingerprint density at radius 1 is 1.32 bits per heavy atom. The SMILES string of the molecule is COc1ccc(CCN(C)C(=O)CNC(C)C)cc1. The van der Waals surface area contributed by atoms with E-state index in [4.69, 9.17) is 4.74 Å². The van der Waals surface area contributed by atoms with Gasteiger partial charge in [-0.3, -0.25) is 4.79 Å². The van der Waals surface area contributed by atoms with Crippen molar-refractivity contribution < 1.29 is 9.53 Å². The van der Waals surface area contributed by atoms with E-state index in [1.165, 1.54) is 5.56 Å². The zero-order chi connectivity index (χ0) is 14.3. The van der Waals surface area contributed by atoms with Crippen LogP contribution in [0, 0.1) is 0 Å². The number of carbonyl (C=O) groups is 1. The molecule has 0 fully saturated rings. The summed E-state index contributed by atoms with van der Waals surface area (Å²) in [6.07, 6.45) is 0.855. The molecule has 0 heterocycles. The van der Waals surface area contributed by atoms with Gasteiger partial charge in [0, 0.05) is 19.6 Å². The van der Waals surface area contributed by atoms with Crippen LogP contribution in [0.15, 0.2) is 24.3 Å². The minimum absolute atomic E-state index is 0.127. The fourth-order valence-electron chi connectivity index (χ4n) is 1.64. The first kappa shape index (κ1) is 15.5.